The average Bonchev–Trinajstić information content (AvgIpc) is 2.63. The molecule has 15 heavy (non-hydrogen) atoms. The summed E-state index contributed by atoms with van der Waals surface area (Å²) < 4.78 is 2.65. The van der Waals surface area contributed by atoms with Gasteiger partial charge in [0.25, 0.3) is 0 Å². The number of nitrogens with zero attached hydrogens (tertiary/aromatic N) is 4. The van der Waals surface area contributed by atoms with E-state index in [4.69, 9.17) is 0 Å². The smallest absolute Gasteiger partial charge is 0.245 e. The SMILES string of the molecule is C/C=C/n1ncn(-c2ccccn2)c1=O. The normalized spacial score (nSPS) is 11.0. The first-order chi connectivity index (χ1) is 7.33. The fourth-order valence-electron chi connectivity index (χ4n) is 1.21. The third-order valence-electron chi connectivity index (χ3n) is 1.88. The minimum atomic E-state index is -0.230. The molecule has 0 N–H and O–H groups in total. The highest BCUT2D eigenvalue weighted by Gasteiger charge is 2.04. The van der Waals surface area contributed by atoms with Gasteiger partial charge in [0, 0.05) is 12.4 Å². The Morgan fingerprint density at radius 2 is 2.27 bits per heavy atom. The Kier molecular flexibility index (Phi) is 2.45. The molecule has 2 rings (SSSR count). The highest BCUT2D eigenvalue weighted by molar-refractivity contribution is 5.23. The molecule has 0 aromatic carbocycles. The van der Waals surface area contributed by atoms with E-state index < -0.39 is 0 Å². The Balaban J connectivity index is 2.52. The van der Waals surface area contributed by atoms with Crippen molar-refractivity contribution in [3.05, 3.63) is 47.3 Å². The Bertz CT molecular complexity index is 524. The summed E-state index contributed by atoms with van der Waals surface area (Å²) >= 11 is 0. The molecule has 2 heterocycles. The van der Waals surface area contributed by atoms with Gasteiger partial charge >= 0.3 is 5.69 Å². The van der Waals surface area contributed by atoms with Crippen molar-refractivity contribution in [2.75, 3.05) is 0 Å². The molecule has 0 aliphatic carbocycles. The molecule has 0 atom stereocenters. The van der Waals surface area contributed by atoms with E-state index in [2.05, 4.69) is 10.1 Å². The van der Waals surface area contributed by atoms with Crippen LogP contribution in [0.4, 0.5) is 0 Å². The third kappa shape index (κ3) is 1.71. The largest absolute Gasteiger partial charge is 0.355 e. The molecule has 0 spiro atoms. The minimum Gasteiger partial charge on any atom is -0.245 e. The summed E-state index contributed by atoms with van der Waals surface area (Å²) in [6, 6.07) is 5.37. The highest BCUT2D eigenvalue weighted by atomic mass is 16.2. The lowest BCUT2D eigenvalue weighted by Crippen LogP contribution is -2.21. The average molecular weight is 202 g/mol. The van der Waals surface area contributed by atoms with Gasteiger partial charge in [0.15, 0.2) is 0 Å². The van der Waals surface area contributed by atoms with Crippen LogP contribution in [0.5, 0.6) is 0 Å². The van der Waals surface area contributed by atoms with E-state index in [-0.39, 0.29) is 5.69 Å². The van der Waals surface area contributed by atoms with E-state index in [1.807, 2.05) is 13.0 Å². The molecular weight excluding hydrogens is 192 g/mol. The van der Waals surface area contributed by atoms with Crippen LogP contribution in [0.1, 0.15) is 6.92 Å². The first-order valence-electron chi connectivity index (χ1n) is 4.53. The number of pyridine rings is 1. The summed E-state index contributed by atoms with van der Waals surface area (Å²) in [6.45, 7) is 1.83. The van der Waals surface area contributed by atoms with Gasteiger partial charge < -0.3 is 0 Å². The molecule has 0 bridgehead atoms. The van der Waals surface area contributed by atoms with E-state index in [1.54, 1.807) is 30.6 Å². The Labute approximate surface area is 86.3 Å². The summed E-state index contributed by atoms with van der Waals surface area (Å²) in [5.41, 5.74) is -0.230. The molecule has 0 saturated carbocycles. The topological polar surface area (TPSA) is 52.7 Å². The monoisotopic (exact) mass is 202 g/mol. The number of hydrogen-bond acceptors (Lipinski definition) is 3. The van der Waals surface area contributed by atoms with Crippen molar-refractivity contribution in [3.8, 4) is 5.82 Å². The van der Waals surface area contributed by atoms with Crippen molar-refractivity contribution in [3.63, 3.8) is 0 Å². The van der Waals surface area contributed by atoms with Crippen LogP contribution in [0.3, 0.4) is 0 Å². The predicted octanol–water partition coefficient (Wildman–Crippen LogP) is 0.920. The van der Waals surface area contributed by atoms with Crippen LogP contribution in [0.2, 0.25) is 0 Å². The fraction of sp³-hybridized carbons (Fsp3) is 0.100. The lowest BCUT2D eigenvalue weighted by atomic mass is 10.5. The molecule has 2 aromatic heterocycles. The molecule has 5 nitrogen and oxygen atoms in total. The Morgan fingerprint density at radius 1 is 1.40 bits per heavy atom. The van der Waals surface area contributed by atoms with Crippen LogP contribution < -0.4 is 5.69 Å². The first kappa shape index (κ1) is 9.39. The van der Waals surface area contributed by atoms with Crippen LogP contribution in [0.15, 0.2) is 41.6 Å². The van der Waals surface area contributed by atoms with Gasteiger partial charge in [-0.15, -0.1) is 0 Å². The van der Waals surface area contributed by atoms with Crippen LogP contribution in [-0.2, 0) is 0 Å². The second kappa shape index (κ2) is 3.91. The molecule has 0 saturated heterocycles. The maximum absolute atomic E-state index is 11.7. The summed E-state index contributed by atoms with van der Waals surface area (Å²) in [4.78, 5) is 15.8. The van der Waals surface area contributed by atoms with Gasteiger partial charge in [-0.3, -0.25) is 0 Å². The minimum absolute atomic E-state index is 0.230. The molecular formula is C10H10N4O. The fourth-order valence-corrected chi connectivity index (χ4v) is 1.21. The van der Waals surface area contributed by atoms with Crippen LogP contribution in [0, 0.1) is 0 Å². The summed E-state index contributed by atoms with van der Waals surface area (Å²) in [5.74, 6) is 0.568. The van der Waals surface area contributed by atoms with E-state index in [0.29, 0.717) is 5.82 Å². The molecule has 0 radical (unpaired) electrons. The number of allylic oxidation sites excluding steroid dienone is 1. The highest BCUT2D eigenvalue weighted by Crippen LogP contribution is 1.97. The second-order valence-electron chi connectivity index (χ2n) is 2.90. The van der Waals surface area contributed by atoms with Gasteiger partial charge in [0.1, 0.15) is 12.1 Å². The summed E-state index contributed by atoms with van der Waals surface area (Å²) in [6.07, 6.45) is 6.43. The maximum atomic E-state index is 11.7. The quantitative estimate of drug-likeness (QED) is 0.727. The third-order valence-corrected chi connectivity index (χ3v) is 1.88. The Hall–Kier alpha value is -2.17. The molecule has 76 valence electrons. The Morgan fingerprint density at radius 3 is 2.93 bits per heavy atom. The standard InChI is InChI=1S/C10H10N4O/c1-2-7-14-10(15)13(8-12-14)9-5-3-4-6-11-9/h2-8H,1H3/b7-2+. The molecule has 0 unspecified atom stereocenters. The van der Waals surface area contributed by atoms with Gasteiger partial charge in [0.05, 0.1) is 0 Å². The van der Waals surface area contributed by atoms with E-state index >= 15 is 0 Å². The van der Waals surface area contributed by atoms with Crippen molar-refractivity contribution in [2.45, 2.75) is 6.92 Å². The zero-order valence-electron chi connectivity index (χ0n) is 8.24. The van der Waals surface area contributed by atoms with Crippen LogP contribution >= 0.6 is 0 Å². The van der Waals surface area contributed by atoms with Crippen LogP contribution in [0.25, 0.3) is 12.0 Å². The number of aromatic nitrogens is 4. The van der Waals surface area contributed by atoms with E-state index in [9.17, 15) is 4.79 Å². The molecule has 0 aliphatic rings. The lowest BCUT2D eigenvalue weighted by molar-refractivity contribution is 0.866. The van der Waals surface area contributed by atoms with Gasteiger partial charge in [-0.1, -0.05) is 12.1 Å². The van der Waals surface area contributed by atoms with Gasteiger partial charge in [-0.25, -0.2) is 14.3 Å². The van der Waals surface area contributed by atoms with Crippen molar-refractivity contribution in [1.82, 2.24) is 19.3 Å². The van der Waals surface area contributed by atoms with E-state index in [1.165, 1.54) is 15.6 Å². The summed E-state index contributed by atoms with van der Waals surface area (Å²) in [5, 5.41) is 3.92. The zero-order chi connectivity index (χ0) is 10.7. The van der Waals surface area contributed by atoms with Crippen molar-refractivity contribution in [1.29, 1.82) is 0 Å². The van der Waals surface area contributed by atoms with Crippen molar-refractivity contribution in [2.24, 2.45) is 0 Å². The summed E-state index contributed by atoms with van der Waals surface area (Å²) in [7, 11) is 0. The van der Waals surface area contributed by atoms with Crippen molar-refractivity contribution >= 4 is 6.20 Å². The molecule has 0 amide bonds. The molecule has 5 heteroatoms. The van der Waals surface area contributed by atoms with Crippen molar-refractivity contribution < 1.29 is 0 Å². The van der Waals surface area contributed by atoms with Gasteiger partial charge in [-0.05, 0) is 19.1 Å². The van der Waals surface area contributed by atoms with E-state index in [0.717, 1.165) is 0 Å². The van der Waals surface area contributed by atoms with Crippen LogP contribution in [-0.4, -0.2) is 19.3 Å². The van der Waals surface area contributed by atoms with Gasteiger partial charge in [-0.2, -0.15) is 9.78 Å². The second-order valence-corrected chi connectivity index (χ2v) is 2.90. The number of hydrogen-bond donors (Lipinski definition) is 0. The predicted molar refractivity (Wildman–Crippen MR) is 56.6 cm³/mol. The van der Waals surface area contributed by atoms with Gasteiger partial charge in [0.2, 0.25) is 0 Å². The zero-order valence-corrected chi connectivity index (χ0v) is 8.24. The molecule has 0 fully saturated rings. The maximum Gasteiger partial charge on any atom is 0.355 e. The molecule has 0 aliphatic heterocycles. The molecule has 2 aromatic rings. The first-order valence-corrected chi connectivity index (χ1v) is 4.53. The number of rotatable bonds is 2. The lowest BCUT2D eigenvalue weighted by Gasteiger charge is -1.96.